The second-order valence-electron chi connectivity index (χ2n) is 10.1. The Bertz CT molecular complexity index is 1160. The zero-order valence-electron chi connectivity index (χ0n) is 22.4. The van der Waals surface area contributed by atoms with Crippen LogP contribution in [0.25, 0.3) is 0 Å². The number of ether oxygens (including phenoxy) is 1. The highest BCUT2D eigenvalue weighted by Crippen LogP contribution is 2.23. The van der Waals surface area contributed by atoms with Gasteiger partial charge in [0.05, 0.1) is 19.1 Å². The van der Waals surface area contributed by atoms with E-state index < -0.39 is 28.5 Å². The summed E-state index contributed by atoms with van der Waals surface area (Å²) in [6.45, 7) is 5.56. The Morgan fingerprint density at radius 2 is 1.59 bits per heavy atom. The number of hydrogen-bond donors (Lipinski definition) is 1. The van der Waals surface area contributed by atoms with E-state index in [1.165, 1.54) is 4.90 Å². The highest BCUT2D eigenvalue weighted by molar-refractivity contribution is 7.92. The third-order valence-electron chi connectivity index (χ3n) is 6.91. The molecule has 0 heterocycles. The number of carbonyl (C=O) groups is 2. The van der Waals surface area contributed by atoms with Gasteiger partial charge >= 0.3 is 0 Å². The van der Waals surface area contributed by atoms with E-state index in [0.717, 1.165) is 47.4 Å². The summed E-state index contributed by atoms with van der Waals surface area (Å²) >= 11 is 0. The van der Waals surface area contributed by atoms with Crippen LogP contribution in [-0.2, 0) is 26.2 Å². The first-order valence-electron chi connectivity index (χ1n) is 12.8. The van der Waals surface area contributed by atoms with Crippen molar-refractivity contribution < 1.29 is 22.7 Å². The topological polar surface area (TPSA) is 96.0 Å². The fourth-order valence-corrected chi connectivity index (χ4v) is 5.39. The summed E-state index contributed by atoms with van der Waals surface area (Å²) < 4.78 is 31.8. The lowest BCUT2D eigenvalue weighted by atomic mass is 10.0. The Kier molecular flexibility index (Phi) is 9.59. The average molecular weight is 530 g/mol. The predicted molar refractivity (Wildman–Crippen MR) is 146 cm³/mol. The molecule has 37 heavy (non-hydrogen) atoms. The number of rotatable bonds is 11. The Balaban J connectivity index is 1.87. The number of amides is 2. The second kappa shape index (κ2) is 12.4. The molecule has 1 saturated carbocycles. The normalized spacial score (nSPS) is 14.9. The van der Waals surface area contributed by atoms with Crippen LogP contribution in [0.3, 0.4) is 0 Å². The molecule has 0 unspecified atom stereocenters. The molecular formula is C28H39N3O5S. The summed E-state index contributed by atoms with van der Waals surface area (Å²) in [6, 6.07) is 13.8. The molecule has 9 heteroatoms. The standard InChI is InChI=1S/C28H39N3O5S/c1-20(2)23-12-14-25(15-13-23)31(37(5,34)35)19-27(32)30(18-22-10-16-26(36-4)17-11-22)21(3)28(33)29-24-8-6-7-9-24/h10-17,20-21,24H,6-9,18-19H2,1-5H3,(H,29,33)/t21-/m0/s1. The van der Waals surface area contributed by atoms with Gasteiger partial charge in [0.2, 0.25) is 21.8 Å². The lowest BCUT2D eigenvalue weighted by Gasteiger charge is -2.32. The van der Waals surface area contributed by atoms with Crippen LogP contribution in [-0.4, -0.2) is 57.1 Å². The number of hydrogen-bond acceptors (Lipinski definition) is 5. The quantitative estimate of drug-likeness (QED) is 0.474. The molecule has 0 bridgehead atoms. The van der Waals surface area contributed by atoms with Crippen molar-refractivity contribution in [2.75, 3.05) is 24.2 Å². The van der Waals surface area contributed by atoms with Gasteiger partial charge in [0.1, 0.15) is 18.3 Å². The van der Waals surface area contributed by atoms with Crippen LogP contribution in [0.5, 0.6) is 5.75 Å². The Morgan fingerprint density at radius 1 is 1.00 bits per heavy atom. The van der Waals surface area contributed by atoms with Crippen LogP contribution < -0.4 is 14.4 Å². The Morgan fingerprint density at radius 3 is 2.11 bits per heavy atom. The van der Waals surface area contributed by atoms with E-state index in [9.17, 15) is 18.0 Å². The van der Waals surface area contributed by atoms with Gasteiger partial charge in [-0.25, -0.2) is 8.42 Å². The van der Waals surface area contributed by atoms with E-state index in [4.69, 9.17) is 4.74 Å². The van der Waals surface area contributed by atoms with Crippen LogP contribution in [0.4, 0.5) is 5.69 Å². The molecule has 0 aliphatic heterocycles. The van der Waals surface area contributed by atoms with Crippen molar-refractivity contribution in [1.82, 2.24) is 10.2 Å². The third-order valence-corrected chi connectivity index (χ3v) is 8.05. The number of anilines is 1. The molecule has 1 aliphatic carbocycles. The molecule has 0 radical (unpaired) electrons. The second-order valence-corrected chi connectivity index (χ2v) is 12.0. The average Bonchev–Trinajstić information content (AvgIpc) is 3.38. The number of nitrogens with zero attached hydrogens (tertiary/aromatic N) is 2. The minimum absolute atomic E-state index is 0.111. The lowest BCUT2D eigenvalue weighted by molar-refractivity contribution is -0.139. The molecule has 0 saturated heterocycles. The molecule has 202 valence electrons. The van der Waals surface area contributed by atoms with Gasteiger partial charge in [0, 0.05) is 12.6 Å². The van der Waals surface area contributed by atoms with E-state index in [2.05, 4.69) is 19.2 Å². The SMILES string of the molecule is COc1ccc(CN(C(=O)CN(c2ccc(C(C)C)cc2)S(C)(=O)=O)[C@@H](C)C(=O)NC2CCCC2)cc1. The summed E-state index contributed by atoms with van der Waals surface area (Å²) in [5, 5.41) is 3.07. The Labute approximate surface area is 221 Å². The van der Waals surface area contributed by atoms with Crippen molar-refractivity contribution in [2.24, 2.45) is 0 Å². The van der Waals surface area contributed by atoms with E-state index in [1.807, 2.05) is 24.3 Å². The number of carbonyl (C=O) groups excluding carboxylic acids is 2. The highest BCUT2D eigenvalue weighted by atomic mass is 32.2. The summed E-state index contributed by atoms with van der Waals surface area (Å²) in [7, 11) is -2.18. The van der Waals surface area contributed by atoms with Crippen LogP contribution >= 0.6 is 0 Å². The van der Waals surface area contributed by atoms with Crippen LogP contribution in [0, 0.1) is 0 Å². The van der Waals surface area contributed by atoms with Crippen LogP contribution in [0.2, 0.25) is 0 Å². The van der Waals surface area contributed by atoms with Crippen LogP contribution in [0.1, 0.15) is 63.5 Å². The van der Waals surface area contributed by atoms with Gasteiger partial charge in [-0.15, -0.1) is 0 Å². The monoisotopic (exact) mass is 529 g/mol. The zero-order chi connectivity index (χ0) is 27.2. The maximum atomic E-state index is 13.7. The van der Waals surface area contributed by atoms with Crippen molar-refractivity contribution in [3.8, 4) is 5.75 Å². The molecular weight excluding hydrogens is 490 g/mol. The molecule has 3 rings (SSSR count). The molecule has 1 N–H and O–H groups in total. The van der Waals surface area contributed by atoms with E-state index in [0.29, 0.717) is 17.4 Å². The van der Waals surface area contributed by atoms with Crippen molar-refractivity contribution in [3.05, 3.63) is 59.7 Å². The molecule has 1 fully saturated rings. The van der Waals surface area contributed by atoms with Gasteiger partial charge in [0.25, 0.3) is 0 Å². The summed E-state index contributed by atoms with van der Waals surface area (Å²) in [5.74, 6) is 0.285. The summed E-state index contributed by atoms with van der Waals surface area (Å²) in [6.07, 6.45) is 5.10. The number of methoxy groups -OCH3 is 1. The van der Waals surface area contributed by atoms with E-state index in [1.54, 1.807) is 38.3 Å². The van der Waals surface area contributed by atoms with Crippen molar-refractivity contribution in [3.63, 3.8) is 0 Å². The first-order chi connectivity index (χ1) is 17.5. The van der Waals surface area contributed by atoms with Crippen molar-refractivity contribution in [1.29, 1.82) is 0 Å². The number of benzene rings is 2. The fourth-order valence-electron chi connectivity index (χ4n) is 4.54. The highest BCUT2D eigenvalue weighted by Gasteiger charge is 2.31. The molecule has 1 atom stereocenters. The molecule has 2 aromatic rings. The number of sulfonamides is 1. The van der Waals surface area contributed by atoms with Crippen molar-refractivity contribution >= 4 is 27.5 Å². The van der Waals surface area contributed by atoms with Gasteiger partial charge in [-0.3, -0.25) is 13.9 Å². The van der Waals surface area contributed by atoms with Gasteiger partial charge in [0.15, 0.2) is 0 Å². The van der Waals surface area contributed by atoms with Gasteiger partial charge in [-0.1, -0.05) is 51.0 Å². The molecule has 1 aliphatic rings. The molecule has 0 spiro atoms. The van der Waals surface area contributed by atoms with Gasteiger partial charge in [-0.05, 0) is 61.1 Å². The fraction of sp³-hybridized carbons (Fsp3) is 0.500. The summed E-state index contributed by atoms with van der Waals surface area (Å²) in [5.41, 5.74) is 2.29. The smallest absolute Gasteiger partial charge is 0.244 e. The minimum Gasteiger partial charge on any atom is -0.497 e. The molecule has 8 nitrogen and oxygen atoms in total. The minimum atomic E-state index is -3.76. The molecule has 2 amide bonds. The van der Waals surface area contributed by atoms with Gasteiger partial charge in [-0.2, -0.15) is 0 Å². The van der Waals surface area contributed by atoms with E-state index in [-0.39, 0.29) is 18.5 Å². The maximum absolute atomic E-state index is 13.7. The van der Waals surface area contributed by atoms with Gasteiger partial charge < -0.3 is 15.0 Å². The molecule has 2 aromatic carbocycles. The predicted octanol–water partition coefficient (Wildman–Crippen LogP) is 4.06. The van der Waals surface area contributed by atoms with E-state index >= 15 is 0 Å². The van der Waals surface area contributed by atoms with Crippen LogP contribution in [0.15, 0.2) is 48.5 Å². The first kappa shape index (κ1) is 28.5. The lowest BCUT2D eigenvalue weighted by Crippen LogP contribution is -2.52. The summed E-state index contributed by atoms with van der Waals surface area (Å²) in [4.78, 5) is 28.3. The largest absolute Gasteiger partial charge is 0.497 e. The van der Waals surface area contributed by atoms with Crippen molar-refractivity contribution in [2.45, 2.75) is 71.0 Å². The Hall–Kier alpha value is -3.07. The maximum Gasteiger partial charge on any atom is 0.244 e. The first-order valence-corrected chi connectivity index (χ1v) is 14.6. The molecule has 0 aromatic heterocycles. The zero-order valence-corrected chi connectivity index (χ0v) is 23.3. The third kappa shape index (κ3) is 7.71. The number of nitrogens with one attached hydrogen (secondary N) is 1.